The zero-order valence-corrected chi connectivity index (χ0v) is 14.7. The van der Waals surface area contributed by atoms with Crippen molar-refractivity contribution in [3.05, 3.63) is 68.7 Å². The third-order valence-corrected chi connectivity index (χ3v) is 4.62. The summed E-state index contributed by atoms with van der Waals surface area (Å²) in [5.41, 5.74) is 5.14. The van der Waals surface area contributed by atoms with E-state index in [0.29, 0.717) is 33.3 Å². The van der Waals surface area contributed by atoms with Gasteiger partial charge in [-0.05, 0) is 55.3 Å². The molecule has 0 radical (unpaired) electrons. The van der Waals surface area contributed by atoms with E-state index in [1.54, 1.807) is 34.9 Å². The van der Waals surface area contributed by atoms with E-state index in [-0.39, 0.29) is 5.56 Å². The van der Waals surface area contributed by atoms with E-state index in [1.165, 1.54) is 0 Å². The first-order valence-corrected chi connectivity index (χ1v) is 8.66. The third kappa shape index (κ3) is 3.13. The fraction of sp³-hybridized carbons (Fsp3) is 0.167. The lowest BCUT2D eigenvalue weighted by atomic mass is 10.1. The van der Waals surface area contributed by atoms with Gasteiger partial charge in [-0.25, -0.2) is 4.98 Å². The monoisotopic (exact) mass is 372 g/mol. The molecule has 0 saturated carbocycles. The van der Waals surface area contributed by atoms with E-state index in [1.807, 2.05) is 12.1 Å². The fourth-order valence-electron chi connectivity index (χ4n) is 2.90. The maximum absolute atomic E-state index is 12.8. The normalized spacial score (nSPS) is 15.4. The number of hydrogen-bond acceptors (Lipinski definition) is 4. The molecule has 2 aromatic carbocycles. The highest BCUT2D eigenvalue weighted by atomic mass is 35.5. The second-order valence-electron chi connectivity index (χ2n) is 5.83. The minimum Gasteiger partial charge on any atom is -0.291 e. The molecule has 0 spiro atoms. The molecule has 1 aliphatic rings. The third-order valence-electron chi connectivity index (χ3n) is 4.13. The molecule has 3 aromatic rings. The molecule has 0 aliphatic carbocycles. The van der Waals surface area contributed by atoms with Crippen LogP contribution in [0, 0.1) is 0 Å². The molecule has 0 saturated heterocycles. The summed E-state index contributed by atoms with van der Waals surface area (Å²) < 4.78 is 1.67. The molecule has 1 N–H and O–H groups in total. The number of halogens is 2. The number of nitrogens with one attached hydrogen (secondary N) is 1. The molecule has 0 amide bonds. The van der Waals surface area contributed by atoms with Crippen LogP contribution in [0.15, 0.2) is 52.4 Å². The standard InChI is InChI=1S/C18H14Cl2N4O/c19-11-3-6-13(7-4-11)22-23-16-2-1-9-24-17(16)21-15-8-5-12(20)10-14(15)18(24)25/h3-8,10,22H,1-2,9H2/b23-16-. The van der Waals surface area contributed by atoms with E-state index >= 15 is 0 Å². The van der Waals surface area contributed by atoms with Gasteiger partial charge in [0.1, 0.15) is 5.71 Å². The Balaban J connectivity index is 1.77. The van der Waals surface area contributed by atoms with E-state index in [0.717, 1.165) is 24.2 Å². The lowest BCUT2D eigenvalue weighted by Gasteiger charge is -2.19. The number of anilines is 1. The molecule has 2 heterocycles. The Hall–Kier alpha value is -2.37. The quantitative estimate of drug-likeness (QED) is 0.681. The number of benzene rings is 2. The van der Waals surface area contributed by atoms with Crippen LogP contribution in [0.25, 0.3) is 10.9 Å². The molecule has 126 valence electrons. The number of hydrazone groups is 1. The Morgan fingerprint density at radius 3 is 2.64 bits per heavy atom. The van der Waals surface area contributed by atoms with Crippen LogP contribution in [0.2, 0.25) is 10.0 Å². The van der Waals surface area contributed by atoms with Crippen molar-refractivity contribution in [1.29, 1.82) is 0 Å². The number of aromatic nitrogens is 2. The molecule has 0 bridgehead atoms. The van der Waals surface area contributed by atoms with Crippen LogP contribution < -0.4 is 11.0 Å². The van der Waals surface area contributed by atoms with Crippen molar-refractivity contribution in [2.75, 3.05) is 5.43 Å². The average molecular weight is 373 g/mol. The number of nitrogens with zero attached hydrogens (tertiary/aromatic N) is 3. The minimum absolute atomic E-state index is 0.0820. The van der Waals surface area contributed by atoms with Gasteiger partial charge in [0, 0.05) is 16.6 Å². The molecule has 25 heavy (non-hydrogen) atoms. The summed E-state index contributed by atoms with van der Waals surface area (Å²) in [6.07, 6.45) is 1.59. The maximum atomic E-state index is 12.8. The van der Waals surface area contributed by atoms with Crippen LogP contribution in [0.1, 0.15) is 18.7 Å². The molecule has 1 aromatic heterocycles. The Morgan fingerprint density at radius 1 is 1.08 bits per heavy atom. The van der Waals surface area contributed by atoms with Crippen LogP contribution in [0.3, 0.4) is 0 Å². The second kappa shape index (κ2) is 6.50. The van der Waals surface area contributed by atoms with Gasteiger partial charge in [0.25, 0.3) is 5.56 Å². The van der Waals surface area contributed by atoms with Crippen LogP contribution in [-0.4, -0.2) is 15.3 Å². The highest BCUT2D eigenvalue weighted by Gasteiger charge is 2.20. The van der Waals surface area contributed by atoms with Crippen molar-refractivity contribution in [3.8, 4) is 0 Å². The van der Waals surface area contributed by atoms with Crippen molar-refractivity contribution >= 4 is 45.5 Å². The van der Waals surface area contributed by atoms with Crippen molar-refractivity contribution in [2.24, 2.45) is 5.10 Å². The first-order valence-electron chi connectivity index (χ1n) is 7.90. The molecular formula is C18H14Cl2N4O. The van der Waals surface area contributed by atoms with Crippen molar-refractivity contribution in [1.82, 2.24) is 9.55 Å². The molecule has 1 aliphatic heterocycles. The molecule has 0 atom stereocenters. The van der Waals surface area contributed by atoms with Gasteiger partial charge >= 0.3 is 0 Å². The van der Waals surface area contributed by atoms with Crippen LogP contribution in [0.4, 0.5) is 5.69 Å². The summed E-state index contributed by atoms with van der Waals surface area (Å²) in [6, 6.07) is 12.4. The molecule has 4 rings (SSSR count). The summed E-state index contributed by atoms with van der Waals surface area (Å²) >= 11 is 11.9. The highest BCUT2D eigenvalue weighted by Crippen LogP contribution is 2.19. The first-order chi connectivity index (χ1) is 12.1. The second-order valence-corrected chi connectivity index (χ2v) is 6.71. The van der Waals surface area contributed by atoms with E-state index in [4.69, 9.17) is 23.2 Å². The molecule has 0 fully saturated rings. The van der Waals surface area contributed by atoms with Crippen LogP contribution >= 0.6 is 23.2 Å². The van der Waals surface area contributed by atoms with Gasteiger partial charge in [0.2, 0.25) is 0 Å². The van der Waals surface area contributed by atoms with Crippen molar-refractivity contribution in [3.63, 3.8) is 0 Å². The number of hydrogen-bond donors (Lipinski definition) is 1. The minimum atomic E-state index is -0.0820. The van der Waals surface area contributed by atoms with Gasteiger partial charge < -0.3 is 0 Å². The maximum Gasteiger partial charge on any atom is 0.261 e. The fourth-order valence-corrected chi connectivity index (χ4v) is 3.20. The summed E-state index contributed by atoms with van der Waals surface area (Å²) in [6.45, 7) is 0.629. The smallest absolute Gasteiger partial charge is 0.261 e. The van der Waals surface area contributed by atoms with Gasteiger partial charge in [-0.3, -0.25) is 14.8 Å². The zero-order valence-electron chi connectivity index (χ0n) is 13.2. The van der Waals surface area contributed by atoms with Crippen molar-refractivity contribution < 1.29 is 0 Å². The highest BCUT2D eigenvalue weighted by molar-refractivity contribution is 6.31. The largest absolute Gasteiger partial charge is 0.291 e. The topological polar surface area (TPSA) is 59.3 Å². The van der Waals surface area contributed by atoms with Gasteiger partial charge in [0.05, 0.1) is 16.6 Å². The van der Waals surface area contributed by atoms with Crippen molar-refractivity contribution in [2.45, 2.75) is 19.4 Å². The Morgan fingerprint density at radius 2 is 1.84 bits per heavy atom. The SMILES string of the molecule is O=c1c2cc(Cl)ccc2nc2n1CCC/C2=N/Nc1ccc(Cl)cc1. The van der Waals surface area contributed by atoms with Gasteiger partial charge in [-0.1, -0.05) is 23.2 Å². The predicted octanol–water partition coefficient (Wildman–Crippen LogP) is 4.31. The first kappa shape index (κ1) is 16.1. The van der Waals surface area contributed by atoms with E-state index in [9.17, 15) is 4.79 Å². The summed E-state index contributed by atoms with van der Waals surface area (Å²) in [4.78, 5) is 17.4. The summed E-state index contributed by atoms with van der Waals surface area (Å²) in [5.74, 6) is 0.604. The van der Waals surface area contributed by atoms with Crippen LogP contribution in [-0.2, 0) is 6.54 Å². The van der Waals surface area contributed by atoms with E-state index in [2.05, 4.69) is 15.5 Å². The molecule has 5 nitrogen and oxygen atoms in total. The Kier molecular flexibility index (Phi) is 4.19. The van der Waals surface area contributed by atoms with E-state index < -0.39 is 0 Å². The summed E-state index contributed by atoms with van der Waals surface area (Å²) in [5, 5.41) is 6.19. The number of fused-ring (bicyclic) bond motifs is 2. The number of rotatable bonds is 2. The lowest BCUT2D eigenvalue weighted by Crippen LogP contribution is -2.32. The van der Waals surface area contributed by atoms with Gasteiger partial charge in [-0.2, -0.15) is 5.10 Å². The zero-order chi connectivity index (χ0) is 17.4. The van der Waals surface area contributed by atoms with Gasteiger partial charge in [-0.15, -0.1) is 0 Å². The molecule has 7 heteroatoms. The van der Waals surface area contributed by atoms with Gasteiger partial charge in [0.15, 0.2) is 5.82 Å². The molecule has 0 unspecified atom stereocenters. The van der Waals surface area contributed by atoms with Crippen LogP contribution in [0.5, 0.6) is 0 Å². The average Bonchev–Trinajstić information content (AvgIpc) is 2.62. The Labute approximate surface area is 153 Å². The predicted molar refractivity (Wildman–Crippen MR) is 102 cm³/mol. The molecular weight excluding hydrogens is 359 g/mol. The Bertz CT molecular complexity index is 1040. The summed E-state index contributed by atoms with van der Waals surface area (Å²) in [7, 11) is 0. The lowest BCUT2D eigenvalue weighted by molar-refractivity contribution is 0.597.